The number of aliphatic hydroxyl groups excluding tert-OH is 2. The number of nitrogens with zero attached hydrogens (tertiary/aromatic N) is 1. The topological polar surface area (TPSA) is 52.8 Å². The van der Waals surface area contributed by atoms with Gasteiger partial charge < -0.3 is 10.2 Å². The van der Waals surface area contributed by atoms with E-state index in [1.165, 1.54) is 0 Å². The average Bonchev–Trinajstić information content (AvgIpc) is 2.21. The van der Waals surface area contributed by atoms with Gasteiger partial charge in [0.25, 0.3) is 0 Å². The highest BCUT2D eigenvalue weighted by molar-refractivity contribution is 5.80. The smallest absolute Gasteiger partial charge is 0.101 e. The van der Waals surface area contributed by atoms with Crippen molar-refractivity contribution >= 4 is 5.71 Å². The molecule has 0 aliphatic heterocycles. The molecule has 90 valence electrons. The Hall–Kier alpha value is -1.19. The van der Waals surface area contributed by atoms with Crippen LogP contribution in [0.1, 0.15) is 27.7 Å². The third-order valence-corrected chi connectivity index (χ3v) is 1.91. The van der Waals surface area contributed by atoms with Crippen LogP contribution in [0.5, 0.6) is 0 Å². The van der Waals surface area contributed by atoms with Crippen LogP contribution in [0.2, 0.25) is 0 Å². The molecule has 0 rings (SSSR count). The van der Waals surface area contributed by atoms with E-state index in [1.807, 2.05) is 27.7 Å². The quantitative estimate of drug-likeness (QED) is 0.554. The zero-order valence-electron chi connectivity index (χ0n) is 10.5. The molecule has 16 heavy (non-hydrogen) atoms. The summed E-state index contributed by atoms with van der Waals surface area (Å²) in [5.41, 5.74) is 3.38. The Morgan fingerprint density at radius 3 is 2.19 bits per heavy atom. The molecule has 0 saturated carbocycles. The summed E-state index contributed by atoms with van der Waals surface area (Å²) in [6.07, 6.45) is 2.57. The van der Waals surface area contributed by atoms with Crippen molar-refractivity contribution in [1.29, 1.82) is 0 Å². The summed E-state index contributed by atoms with van der Waals surface area (Å²) in [7, 11) is 0. The van der Waals surface area contributed by atoms with Crippen LogP contribution < -0.4 is 0 Å². The van der Waals surface area contributed by atoms with Gasteiger partial charge in [-0.3, -0.25) is 4.99 Å². The molecule has 1 atom stereocenters. The number of hydrogen-bond acceptors (Lipinski definition) is 3. The molecule has 0 aliphatic rings. The Bertz CT molecular complexity index is 330. The van der Waals surface area contributed by atoms with Crippen LogP contribution in [-0.4, -0.2) is 28.6 Å². The van der Waals surface area contributed by atoms with E-state index in [4.69, 9.17) is 5.11 Å². The van der Waals surface area contributed by atoms with Crippen LogP contribution in [-0.2, 0) is 0 Å². The Balaban J connectivity index is 4.81. The van der Waals surface area contributed by atoms with Gasteiger partial charge in [0.1, 0.15) is 6.10 Å². The van der Waals surface area contributed by atoms with Gasteiger partial charge in [-0.25, -0.2) is 0 Å². The summed E-state index contributed by atoms with van der Waals surface area (Å²) in [4.78, 5) is 4.36. The molecule has 0 aromatic carbocycles. The van der Waals surface area contributed by atoms with Gasteiger partial charge in [0.15, 0.2) is 0 Å². The SMILES string of the molecule is C=C(/C=C\C(N=C(C)C)=C(C)C)C(O)CO. The van der Waals surface area contributed by atoms with Crippen molar-refractivity contribution in [2.75, 3.05) is 6.61 Å². The van der Waals surface area contributed by atoms with Crippen molar-refractivity contribution in [1.82, 2.24) is 0 Å². The highest BCUT2D eigenvalue weighted by atomic mass is 16.3. The van der Waals surface area contributed by atoms with E-state index in [-0.39, 0.29) is 6.61 Å². The lowest BCUT2D eigenvalue weighted by atomic mass is 10.1. The van der Waals surface area contributed by atoms with E-state index in [1.54, 1.807) is 12.2 Å². The van der Waals surface area contributed by atoms with Gasteiger partial charge >= 0.3 is 0 Å². The second-order valence-corrected chi connectivity index (χ2v) is 4.05. The van der Waals surface area contributed by atoms with Crippen LogP contribution in [0, 0.1) is 0 Å². The molecule has 0 amide bonds. The third-order valence-electron chi connectivity index (χ3n) is 1.91. The first-order valence-corrected chi connectivity index (χ1v) is 5.23. The lowest BCUT2D eigenvalue weighted by Crippen LogP contribution is -2.12. The van der Waals surface area contributed by atoms with Gasteiger partial charge in [0, 0.05) is 5.71 Å². The summed E-state index contributed by atoms with van der Waals surface area (Å²) in [6.45, 7) is 11.1. The van der Waals surface area contributed by atoms with Gasteiger partial charge in [-0.15, -0.1) is 0 Å². The molecule has 0 spiro atoms. The van der Waals surface area contributed by atoms with E-state index in [0.29, 0.717) is 5.57 Å². The number of hydrogen-bond donors (Lipinski definition) is 2. The molecule has 0 aromatic heterocycles. The fourth-order valence-electron chi connectivity index (χ4n) is 0.971. The summed E-state index contributed by atoms with van der Waals surface area (Å²) in [5.74, 6) is 0. The summed E-state index contributed by atoms with van der Waals surface area (Å²) >= 11 is 0. The number of rotatable bonds is 5. The van der Waals surface area contributed by atoms with Crippen molar-refractivity contribution in [3.8, 4) is 0 Å². The van der Waals surface area contributed by atoms with Gasteiger partial charge in [-0.1, -0.05) is 18.2 Å². The standard InChI is InChI=1S/C13H21NO2/c1-9(2)12(14-10(3)4)7-6-11(5)13(16)8-15/h6-7,13,15-16H,5,8H2,1-4H3/b7-6-. The molecular formula is C13H21NO2. The lowest BCUT2D eigenvalue weighted by Gasteiger charge is -2.06. The largest absolute Gasteiger partial charge is 0.393 e. The Morgan fingerprint density at radius 1 is 1.25 bits per heavy atom. The molecule has 0 saturated heterocycles. The summed E-state index contributed by atoms with van der Waals surface area (Å²) in [6, 6.07) is 0. The Morgan fingerprint density at radius 2 is 1.81 bits per heavy atom. The van der Waals surface area contributed by atoms with Gasteiger partial charge in [0.05, 0.1) is 12.3 Å². The van der Waals surface area contributed by atoms with Crippen molar-refractivity contribution < 1.29 is 10.2 Å². The van der Waals surface area contributed by atoms with Crippen molar-refractivity contribution in [3.63, 3.8) is 0 Å². The fraction of sp³-hybridized carbons (Fsp3) is 0.462. The zero-order valence-corrected chi connectivity index (χ0v) is 10.5. The van der Waals surface area contributed by atoms with Crippen molar-refractivity contribution in [2.24, 2.45) is 4.99 Å². The maximum Gasteiger partial charge on any atom is 0.101 e. The van der Waals surface area contributed by atoms with Crippen LogP contribution >= 0.6 is 0 Å². The molecule has 0 heterocycles. The van der Waals surface area contributed by atoms with E-state index in [9.17, 15) is 5.11 Å². The number of allylic oxidation sites excluding steroid dienone is 2. The van der Waals surface area contributed by atoms with Gasteiger partial charge in [-0.05, 0) is 39.3 Å². The van der Waals surface area contributed by atoms with E-state index < -0.39 is 6.10 Å². The Labute approximate surface area is 97.5 Å². The van der Waals surface area contributed by atoms with E-state index >= 15 is 0 Å². The van der Waals surface area contributed by atoms with Crippen LogP contribution in [0.3, 0.4) is 0 Å². The van der Waals surface area contributed by atoms with Gasteiger partial charge in [0.2, 0.25) is 0 Å². The molecule has 0 aromatic rings. The maximum absolute atomic E-state index is 9.31. The maximum atomic E-state index is 9.31. The van der Waals surface area contributed by atoms with E-state index in [0.717, 1.165) is 17.0 Å². The molecule has 3 nitrogen and oxygen atoms in total. The molecule has 0 bridgehead atoms. The highest BCUT2D eigenvalue weighted by Gasteiger charge is 2.03. The molecule has 0 aliphatic carbocycles. The normalized spacial score (nSPS) is 12.4. The number of aliphatic hydroxyl groups is 2. The predicted molar refractivity (Wildman–Crippen MR) is 68.5 cm³/mol. The van der Waals surface area contributed by atoms with E-state index in [2.05, 4.69) is 11.6 Å². The van der Waals surface area contributed by atoms with Crippen LogP contribution in [0.25, 0.3) is 0 Å². The minimum absolute atomic E-state index is 0.316. The molecular weight excluding hydrogens is 202 g/mol. The summed E-state index contributed by atoms with van der Waals surface area (Å²) < 4.78 is 0. The first-order chi connectivity index (χ1) is 7.38. The fourth-order valence-corrected chi connectivity index (χ4v) is 0.971. The number of aliphatic imine (C=N–C) groups is 1. The molecule has 0 fully saturated rings. The van der Waals surface area contributed by atoms with Gasteiger partial charge in [-0.2, -0.15) is 0 Å². The van der Waals surface area contributed by atoms with Crippen molar-refractivity contribution in [3.05, 3.63) is 35.6 Å². The molecule has 0 radical (unpaired) electrons. The molecule has 1 unspecified atom stereocenters. The second-order valence-electron chi connectivity index (χ2n) is 4.05. The molecule has 2 N–H and O–H groups in total. The highest BCUT2D eigenvalue weighted by Crippen LogP contribution is 2.10. The minimum Gasteiger partial charge on any atom is -0.393 e. The van der Waals surface area contributed by atoms with Crippen LogP contribution in [0.15, 0.2) is 40.6 Å². The summed E-state index contributed by atoms with van der Waals surface area (Å²) in [5, 5.41) is 18.0. The minimum atomic E-state index is -0.902. The third kappa shape index (κ3) is 5.63. The predicted octanol–water partition coefficient (Wildman–Crippen LogP) is 2.23. The van der Waals surface area contributed by atoms with Crippen molar-refractivity contribution in [2.45, 2.75) is 33.8 Å². The zero-order chi connectivity index (χ0) is 12.7. The Kier molecular flexibility index (Phi) is 6.61. The first kappa shape index (κ1) is 14.8. The second kappa shape index (κ2) is 7.14. The average molecular weight is 223 g/mol. The molecule has 3 heteroatoms. The monoisotopic (exact) mass is 223 g/mol. The first-order valence-electron chi connectivity index (χ1n) is 5.23. The van der Waals surface area contributed by atoms with Crippen LogP contribution in [0.4, 0.5) is 0 Å². The lowest BCUT2D eigenvalue weighted by molar-refractivity contribution is 0.125.